The zero-order valence-electron chi connectivity index (χ0n) is 10.2. The highest BCUT2D eigenvalue weighted by Gasteiger charge is 2.30. The van der Waals surface area contributed by atoms with Gasteiger partial charge in [0.15, 0.2) is 0 Å². The van der Waals surface area contributed by atoms with E-state index >= 15 is 0 Å². The first kappa shape index (κ1) is 14.1. The van der Waals surface area contributed by atoms with Crippen LogP contribution in [-0.2, 0) is 4.79 Å². The van der Waals surface area contributed by atoms with Crippen molar-refractivity contribution in [2.24, 2.45) is 11.1 Å². The number of nitrogens with two attached hydrogens (primary N) is 1. The van der Waals surface area contributed by atoms with Crippen LogP contribution in [0.5, 0.6) is 0 Å². The van der Waals surface area contributed by atoms with Crippen molar-refractivity contribution in [2.75, 3.05) is 6.54 Å². The Labute approximate surface area is 111 Å². The van der Waals surface area contributed by atoms with Crippen molar-refractivity contribution < 1.29 is 4.79 Å². The van der Waals surface area contributed by atoms with Crippen molar-refractivity contribution in [2.45, 2.75) is 26.7 Å². The van der Waals surface area contributed by atoms with Gasteiger partial charge >= 0.3 is 0 Å². The monoisotopic (exact) mass is 271 g/mol. The SMILES string of the molecule is CC(CNC(=O)C(C)(C)C(N)=S)c1nccs1. The Bertz CT molecular complexity index is 401. The number of nitrogens with zero attached hydrogens (tertiary/aromatic N) is 1. The number of thiocarbonyl (C=S) groups is 1. The van der Waals surface area contributed by atoms with Crippen LogP contribution in [0.1, 0.15) is 31.7 Å². The third kappa shape index (κ3) is 3.47. The first-order valence-corrected chi connectivity index (χ1v) is 6.62. The fourth-order valence-corrected chi connectivity index (χ4v) is 1.94. The van der Waals surface area contributed by atoms with Crippen LogP contribution in [0.2, 0.25) is 0 Å². The molecular weight excluding hydrogens is 254 g/mol. The number of amides is 1. The van der Waals surface area contributed by atoms with Gasteiger partial charge in [-0.05, 0) is 13.8 Å². The van der Waals surface area contributed by atoms with Gasteiger partial charge in [0.05, 0.1) is 15.4 Å². The third-order valence-corrected chi connectivity index (χ3v) is 4.14. The van der Waals surface area contributed by atoms with Crippen molar-refractivity contribution in [1.82, 2.24) is 10.3 Å². The van der Waals surface area contributed by atoms with E-state index in [9.17, 15) is 4.79 Å². The van der Waals surface area contributed by atoms with E-state index in [1.54, 1.807) is 31.4 Å². The van der Waals surface area contributed by atoms with Gasteiger partial charge in [-0.2, -0.15) is 0 Å². The molecule has 0 saturated heterocycles. The van der Waals surface area contributed by atoms with Crippen LogP contribution >= 0.6 is 23.6 Å². The quantitative estimate of drug-likeness (QED) is 0.800. The van der Waals surface area contributed by atoms with E-state index in [0.29, 0.717) is 6.54 Å². The zero-order chi connectivity index (χ0) is 13.1. The van der Waals surface area contributed by atoms with Gasteiger partial charge in [-0.25, -0.2) is 4.98 Å². The molecule has 1 amide bonds. The fourth-order valence-electron chi connectivity index (χ4n) is 1.14. The molecule has 1 aromatic rings. The lowest BCUT2D eigenvalue weighted by Crippen LogP contribution is -2.45. The van der Waals surface area contributed by atoms with E-state index in [1.165, 1.54) is 0 Å². The summed E-state index contributed by atoms with van der Waals surface area (Å²) in [5, 5.41) is 5.79. The summed E-state index contributed by atoms with van der Waals surface area (Å²) in [6.45, 7) is 6.00. The Hall–Kier alpha value is -1.01. The summed E-state index contributed by atoms with van der Waals surface area (Å²) < 4.78 is 0. The largest absolute Gasteiger partial charge is 0.392 e. The van der Waals surface area contributed by atoms with Crippen LogP contribution in [0.25, 0.3) is 0 Å². The molecule has 0 aliphatic rings. The standard InChI is InChI=1S/C11H17N3OS2/c1-7(8-13-4-5-17-8)6-14-10(15)11(2,3)9(12)16/h4-5,7H,6H2,1-3H3,(H2,12,16)(H,14,15). The molecule has 0 fully saturated rings. The van der Waals surface area contributed by atoms with Gasteiger partial charge in [-0.15, -0.1) is 11.3 Å². The molecule has 1 unspecified atom stereocenters. The van der Waals surface area contributed by atoms with Crippen LogP contribution in [0, 0.1) is 5.41 Å². The van der Waals surface area contributed by atoms with Gasteiger partial charge in [0.1, 0.15) is 0 Å². The van der Waals surface area contributed by atoms with Crippen LogP contribution in [0.3, 0.4) is 0 Å². The summed E-state index contributed by atoms with van der Waals surface area (Å²) in [5.41, 5.74) is 4.72. The molecule has 0 spiro atoms. The predicted octanol–water partition coefficient (Wildman–Crippen LogP) is 1.68. The summed E-state index contributed by atoms with van der Waals surface area (Å²) in [4.78, 5) is 16.3. The Balaban J connectivity index is 2.52. The van der Waals surface area contributed by atoms with E-state index in [0.717, 1.165) is 5.01 Å². The summed E-state index contributed by atoms with van der Waals surface area (Å²) in [6.07, 6.45) is 1.76. The predicted molar refractivity (Wildman–Crippen MR) is 74.1 cm³/mol. The first-order chi connectivity index (χ1) is 7.85. The van der Waals surface area contributed by atoms with Crippen molar-refractivity contribution >= 4 is 34.5 Å². The topological polar surface area (TPSA) is 68.0 Å². The van der Waals surface area contributed by atoms with E-state index < -0.39 is 5.41 Å². The highest BCUT2D eigenvalue weighted by Crippen LogP contribution is 2.18. The molecule has 6 heteroatoms. The molecule has 1 heterocycles. The smallest absolute Gasteiger partial charge is 0.232 e. The summed E-state index contributed by atoms with van der Waals surface area (Å²) >= 11 is 6.46. The molecular formula is C11H17N3OS2. The number of nitrogens with one attached hydrogen (secondary N) is 1. The van der Waals surface area contributed by atoms with E-state index in [2.05, 4.69) is 10.3 Å². The van der Waals surface area contributed by atoms with Crippen molar-refractivity contribution in [3.8, 4) is 0 Å². The second-order valence-corrected chi connectivity index (χ2v) is 5.84. The van der Waals surface area contributed by atoms with Crippen molar-refractivity contribution in [3.63, 3.8) is 0 Å². The number of rotatable bonds is 5. The van der Waals surface area contributed by atoms with Gasteiger partial charge in [0.25, 0.3) is 0 Å². The normalized spacial score (nSPS) is 13.1. The molecule has 17 heavy (non-hydrogen) atoms. The molecule has 0 saturated carbocycles. The minimum absolute atomic E-state index is 0.145. The molecule has 1 rings (SSSR count). The first-order valence-electron chi connectivity index (χ1n) is 5.33. The number of hydrogen-bond acceptors (Lipinski definition) is 4. The number of carbonyl (C=O) groups excluding carboxylic acids is 1. The Morgan fingerprint density at radius 1 is 1.71 bits per heavy atom. The minimum Gasteiger partial charge on any atom is -0.392 e. The number of hydrogen-bond donors (Lipinski definition) is 2. The molecule has 0 bridgehead atoms. The van der Waals surface area contributed by atoms with Crippen LogP contribution in [0.15, 0.2) is 11.6 Å². The maximum Gasteiger partial charge on any atom is 0.232 e. The number of carbonyl (C=O) groups is 1. The highest BCUT2D eigenvalue weighted by atomic mass is 32.1. The molecule has 4 nitrogen and oxygen atoms in total. The minimum atomic E-state index is -0.808. The second-order valence-electron chi connectivity index (χ2n) is 4.47. The van der Waals surface area contributed by atoms with Crippen LogP contribution in [-0.4, -0.2) is 22.4 Å². The Morgan fingerprint density at radius 2 is 2.35 bits per heavy atom. The number of thiazole rings is 1. The second kappa shape index (κ2) is 5.55. The number of aromatic nitrogens is 1. The maximum atomic E-state index is 11.9. The van der Waals surface area contributed by atoms with E-state index in [4.69, 9.17) is 18.0 Å². The third-order valence-electron chi connectivity index (χ3n) is 2.63. The van der Waals surface area contributed by atoms with Crippen molar-refractivity contribution in [1.29, 1.82) is 0 Å². The molecule has 0 aliphatic heterocycles. The molecule has 0 radical (unpaired) electrons. The summed E-state index contributed by atoms with van der Waals surface area (Å²) in [6, 6.07) is 0. The Kier molecular flexibility index (Phi) is 4.59. The average Bonchev–Trinajstić information content (AvgIpc) is 2.78. The molecule has 0 aliphatic carbocycles. The van der Waals surface area contributed by atoms with Gasteiger partial charge < -0.3 is 11.1 Å². The van der Waals surface area contributed by atoms with Gasteiger partial charge in [0.2, 0.25) is 5.91 Å². The van der Waals surface area contributed by atoms with Crippen LogP contribution in [0.4, 0.5) is 0 Å². The van der Waals surface area contributed by atoms with E-state index in [-0.39, 0.29) is 16.8 Å². The zero-order valence-corrected chi connectivity index (χ0v) is 11.8. The van der Waals surface area contributed by atoms with Gasteiger partial charge in [-0.3, -0.25) is 4.79 Å². The van der Waals surface area contributed by atoms with Gasteiger partial charge in [0, 0.05) is 24.0 Å². The molecule has 1 aromatic heterocycles. The van der Waals surface area contributed by atoms with Crippen molar-refractivity contribution in [3.05, 3.63) is 16.6 Å². The summed E-state index contributed by atoms with van der Waals surface area (Å²) in [7, 11) is 0. The lowest BCUT2D eigenvalue weighted by atomic mass is 9.92. The molecule has 3 N–H and O–H groups in total. The lowest BCUT2D eigenvalue weighted by Gasteiger charge is -2.22. The lowest BCUT2D eigenvalue weighted by molar-refractivity contribution is -0.126. The Morgan fingerprint density at radius 3 is 2.82 bits per heavy atom. The molecule has 0 aromatic carbocycles. The highest BCUT2D eigenvalue weighted by molar-refractivity contribution is 7.80. The van der Waals surface area contributed by atoms with E-state index in [1.807, 2.05) is 12.3 Å². The maximum absolute atomic E-state index is 11.9. The van der Waals surface area contributed by atoms with Gasteiger partial charge in [-0.1, -0.05) is 19.1 Å². The molecule has 1 atom stereocenters. The fraction of sp³-hybridized carbons (Fsp3) is 0.545. The average molecular weight is 271 g/mol. The van der Waals surface area contributed by atoms with Crippen LogP contribution < -0.4 is 11.1 Å². The molecule has 94 valence electrons. The summed E-state index contributed by atoms with van der Waals surface area (Å²) in [5.74, 6) is 0.0505.